The van der Waals surface area contributed by atoms with Gasteiger partial charge in [0.2, 0.25) is 5.91 Å². The molecule has 3 aromatic rings. The third kappa shape index (κ3) is 6.96. The minimum absolute atomic E-state index is 0. The first-order valence-electron chi connectivity index (χ1n) is 9.22. The van der Waals surface area contributed by atoms with Gasteiger partial charge < -0.3 is 4.90 Å². The minimum Gasteiger partial charge on any atom is -0.308 e. The fourth-order valence-corrected chi connectivity index (χ4v) is 4.60. The summed E-state index contributed by atoms with van der Waals surface area (Å²) < 4.78 is 14.3. The number of thiazole rings is 1. The molecule has 0 saturated heterocycles. The number of amides is 1. The van der Waals surface area contributed by atoms with E-state index in [2.05, 4.69) is 17.1 Å². The van der Waals surface area contributed by atoms with Crippen molar-refractivity contribution < 1.29 is 9.18 Å². The summed E-state index contributed by atoms with van der Waals surface area (Å²) in [7, 11) is 3.96. The number of likely N-dealkylation sites (N-methyl/N-ethyl adjacent to an activating group) is 1. The SMILES string of the molecule is CN(C)CCN(C(=O)CCCSc1ccccc1)c1nc2ccc(F)cc2s1.Cl. The molecule has 0 bridgehead atoms. The lowest BCUT2D eigenvalue weighted by Gasteiger charge is -2.22. The molecule has 1 amide bonds. The van der Waals surface area contributed by atoms with Crippen molar-refractivity contribution >= 4 is 56.8 Å². The summed E-state index contributed by atoms with van der Waals surface area (Å²) >= 11 is 3.13. The summed E-state index contributed by atoms with van der Waals surface area (Å²) in [5.41, 5.74) is 0.726. The first kappa shape index (κ1) is 23.6. The molecule has 0 saturated carbocycles. The van der Waals surface area contributed by atoms with Crippen molar-refractivity contribution in [2.75, 3.05) is 37.8 Å². The van der Waals surface area contributed by atoms with Crippen LogP contribution in [0.25, 0.3) is 10.2 Å². The molecular weight excluding hydrogens is 429 g/mol. The predicted molar refractivity (Wildman–Crippen MR) is 124 cm³/mol. The van der Waals surface area contributed by atoms with Crippen molar-refractivity contribution in [1.82, 2.24) is 9.88 Å². The van der Waals surface area contributed by atoms with Crippen LogP contribution in [0.3, 0.4) is 0 Å². The maximum atomic E-state index is 13.5. The van der Waals surface area contributed by atoms with Crippen LogP contribution in [0.5, 0.6) is 0 Å². The lowest BCUT2D eigenvalue weighted by atomic mass is 10.3. The summed E-state index contributed by atoms with van der Waals surface area (Å²) in [6.45, 7) is 1.31. The number of halogens is 2. The van der Waals surface area contributed by atoms with Crippen LogP contribution in [0.15, 0.2) is 53.4 Å². The quantitative estimate of drug-likeness (QED) is 0.324. The van der Waals surface area contributed by atoms with Gasteiger partial charge in [-0.2, -0.15) is 0 Å². The van der Waals surface area contributed by atoms with Crippen molar-refractivity contribution in [3.8, 4) is 0 Å². The molecule has 0 radical (unpaired) electrons. The van der Waals surface area contributed by atoms with E-state index in [0.29, 0.717) is 18.1 Å². The topological polar surface area (TPSA) is 36.4 Å². The number of benzene rings is 2. The highest BCUT2D eigenvalue weighted by Gasteiger charge is 2.19. The molecule has 4 nitrogen and oxygen atoms in total. The average molecular weight is 454 g/mol. The number of carbonyl (C=O) groups is 1. The van der Waals surface area contributed by atoms with E-state index in [1.165, 1.54) is 28.4 Å². The van der Waals surface area contributed by atoms with Crippen LogP contribution in [0, 0.1) is 5.82 Å². The summed E-state index contributed by atoms with van der Waals surface area (Å²) in [6.07, 6.45) is 1.27. The maximum absolute atomic E-state index is 13.5. The molecule has 0 aliphatic rings. The van der Waals surface area contributed by atoms with Gasteiger partial charge in [0, 0.05) is 24.4 Å². The van der Waals surface area contributed by atoms with E-state index >= 15 is 0 Å². The first-order valence-corrected chi connectivity index (χ1v) is 11.0. The Morgan fingerprint density at radius 3 is 2.62 bits per heavy atom. The lowest BCUT2D eigenvalue weighted by molar-refractivity contribution is -0.118. The van der Waals surface area contributed by atoms with E-state index in [4.69, 9.17) is 0 Å². The number of hydrogen-bond donors (Lipinski definition) is 0. The number of hydrogen-bond acceptors (Lipinski definition) is 5. The highest BCUT2D eigenvalue weighted by atomic mass is 35.5. The minimum atomic E-state index is -0.285. The highest BCUT2D eigenvalue weighted by molar-refractivity contribution is 7.99. The number of thioether (sulfide) groups is 1. The fraction of sp³-hybridized carbons (Fsp3) is 0.333. The molecular formula is C21H25ClFN3OS2. The van der Waals surface area contributed by atoms with Gasteiger partial charge in [-0.15, -0.1) is 24.2 Å². The lowest BCUT2D eigenvalue weighted by Crippen LogP contribution is -2.36. The van der Waals surface area contributed by atoms with E-state index < -0.39 is 0 Å². The smallest absolute Gasteiger partial charge is 0.228 e. The average Bonchev–Trinajstić information content (AvgIpc) is 3.08. The van der Waals surface area contributed by atoms with Crippen LogP contribution in [0.2, 0.25) is 0 Å². The monoisotopic (exact) mass is 453 g/mol. The van der Waals surface area contributed by atoms with Gasteiger partial charge in [-0.25, -0.2) is 9.37 Å². The molecule has 0 N–H and O–H groups in total. The van der Waals surface area contributed by atoms with Crippen LogP contribution < -0.4 is 4.90 Å². The van der Waals surface area contributed by atoms with Gasteiger partial charge in [0.15, 0.2) is 5.13 Å². The largest absolute Gasteiger partial charge is 0.308 e. The zero-order valence-corrected chi connectivity index (χ0v) is 19.0. The number of aromatic nitrogens is 1. The standard InChI is InChI=1S/C21H24FN3OS2.ClH/c1-24(2)12-13-25(21-23-18-11-10-16(22)15-19(18)28-21)20(26)9-6-14-27-17-7-4-3-5-8-17;/h3-5,7-8,10-11,15H,6,9,12-14H2,1-2H3;1H. The number of carbonyl (C=O) groups excluding carboxylic acids is 1. The second-order valence-electron chi connectivity index (χ2n) is 6.72. The van der Waals surface area contributed by atoms with E-state index in [0.717, 1.165) is 28.9 Å². The van der Waals surface area contributed by atoms with Gasteiger partial charge in [-0.05, 0) is 56.6 Å². The summed E-state index contributed by atoms with van der Waals surface area (Å²) in [5.74, 6) is 0.671. The van der Waals surface area contributed by atoms with Gasteiger partial charge in [0.1, 0.15) is 5.82 Å². The molecule has 156 valence electrons. The van der Waals surface area contributed by atoms with Crippen molar-refractivity contribution in [3.05, 3.63) is 54.3 Å². The van der Waals surface area contributed by atoms with Crippen molar-refractivity contribution in [2.45, 2.75) is 17.7 Å². The summed E-state index contributed by atoms with van der Waals surface area (Å²) in [5, 5.41) is 0.642. The Labute approximate surface area is 185 Å². The molecule has 0 unspecified atom stereocenters. The van der Waals surface area contributed by atoms with Gasteiger partial charge >= 0.3 is 0 Å². The zero-order chi connectivity index (χ0) is 19.9. The molecule has 1 heterocycles. The third-order valence-electron chi connectivity index (χ3n) is 4.19. The molecule has 0 aliphatic heterocycles. The molecule has 0 aliphatic carbocycles. The Balaban J connectivity index is 0.00000300. The van der Waals surface area contributed by atoms with Crippen molar-refractivity contribution in [3.63, 3.8) is 0 Å². The number of fused-ring (bicyclic) bond motifs is 1. The van der Waals surface area contributed by atoms with Crippen LogP contribution in [-0.4, -0.2) is 48.7 Å². The van der Waals surface area contributed by atoms with Crippen LogP contribution in [-0.2, 0) is 4.79 Å². The van der Waals surface area contributed by atoms with E-state index in [1.807, 2.05) is 37.2 Å². The van der Waals surface area contributed by atoms with Crippen molar-refractivity contribution in [2.24, 2.45) is 0 Å². The Hall–Kier alpha value is -1.67. The van der Waals surface area contributed by atoms with Gasteiger partial charge in [-0.3, -0.25) is 9.69 Å². The normalized spacial score (nSPS) is 10.9. The number of rotatable bonds is 9. The Bertz CT molecular complexity index is 921. The Morgan fingerprint density at radius 2 is 1.90 bits per heavy atom. The molecule has 29 heavy (non-hydrogen) atoms. The summed E-state index contributed by atoms with van der Waals surface area (Å²) in [4.78, 5) is 22.5. The molecule has 0 fully saturated rings. The number of anilines is 1. The van der Waals surface area contributed by atoms with Crippen LogP contribution >= 0.6 is 35.5 Å². The summed E-state index contributed by atoms with van der Waals surface area (Å²) in [6, 6.07) is 14.7. The van der Waals surface area contributed by atoms with Gasteiger partial charge in [0.05, 0.1) is 10.2 Å². The molecule has 2 aromatic carbocycles. The molecule has 0 atom stereocenters. The number of nitrogens with zero attached hydrogens (tertiary/aromatic N) is 3. The van der Waals surface area contributed by atoms with Gasteiger partial charge in [-0.1, -0.05) is 29.5 Å². The Kier molecular flexibility index (Phi) is 9.36. The molecule has 1 aromatic heterocycles. The van der Waals surface area contributed by atoms with E-state index in [-0.39, 0.29) is 24.1 Å². The van der Waals surface area contributed by atoms with Crippen LogP contribution in [0.4, 0.5) is 9.52 Å². The second kappa shape index (κ2) is 11.5. The molecule has 0 spiro atoms. The third-order valence-corrected chi connectivity index (χ3v) is 6.33. The van der Waals surface area contributed by atoms with E-state index in [9.17, 15) is 9.18 Å². The van der Waals surface area contributed by atoms with Crippen molar-refractivity contribution in [1.29, 1.82) is 0 Å². The van der Waals surface area contributed by atoms with Crippen LogP contribution in [0.1, 0.15) is 12.8 Å². The molecule has 3 rings (SSSR count). The predicted octanol–water partition coefficient (Wildman–Crippen LogP) is 5.32. The fourth-order valence-electron chi connectivity index (χ4n) is 2.69. The zero-order valence-electron chi connectivity index (χ0n) is 16.5. The van der Waals surface area contributed by atoms with Gasteiger partial charge in [0.25, 0.3) is 0 Å². The second-order valence-corrected chi connectivity index (χ2v) is 8.90. The highest BCUT2D eigenvalue weighted by Crippen LogP contribution is 2.30. The molecule has 8 heteroatoms. The maximum Gasteiger partial charge on any atom is 0.228 e. The first-order chi connectivity index (χ1) is 13.5. The van der Waals surface area contributed by atoms with E-state index in [1.54, 1.807) is 22.7 Å². The Morgan fingerprint density at radius 1 is 1.14 bits per heavy atom.